The average molecular weight is 521 g/mol. The summed E-state index contributed by atoms with van der Waals surface area (Å²) in [7, 11) is 0. The second-order valence-electron chi connectivity index (χ2n) is 9.50. The maximum absolute atomic E-state index is 13.4. The largest absolute Gasteiger partial charge is 0.459 e. The van der Waals surface area contributed by atoms with Gasteiger partial charge in [0.05, 0.1) is 17.9 Å². The SMILES string of the molecule is CCCCc1ncc(C(=O)NC(CC(=O)NO)Cc2ccccc2)n1Cc1ccc(C(=O)OC(C)C)cc1. The van der Waals surface area contributed by atoms with Gasteiger partial charge in [-0.1, -0.05) is 55.8 Å². The zero-order valence-electron chi connectivity index (χ0n) is 22.1. The van der Waals surface area contributed by atoms with Crippen LogP contribution < -0.4 is 10.8 Å². The smallest absolute Gasteiger partial charge is 0.338 e. The molecule has 3 rings (SSSR count). The Hall–Kier alpha value is -3.98. The summed E-state index contributed by atoms with van der Waals surface area (Å²) in [5.74, 6) is -0.536. The van der Waals surface area contributed by atoms with Crippen LogP contribution in [0.5, 0.6) is 0 Å². The van der Waals surface area contributed by atoms with Crippen molar-refractivity contribution in [2.75, 3.05) is 0 Å². The molecule has 202 valence electrons. The number of carbonyl (C=O) groups excluding carboxylic acids is 3. The predicted octanol–water partition coefficient (Wildman–Crippen LogP) is 4.08. The summed E-state index contributed by atoms with van der Waals surface area (Å²) in [5.41, 5.74) is 4.34. The van der Waals surface area contributed by atoms with Crippen molar-refractivity contribution < 1.29 is 24.3 Å². The van der Waals surface area contributed by atoms with Crippen LogP contribution in [0.4, 0.5) is 0 Å². The number of hydroxylamine groups is 1. The minimum atomic E-state index is -0.584. The van der Waals surface area contributed by atoms with Gasteiger partial charge in [0.2, 0.25) is 5.91 Å². The van der Waals surface area contributed by atoms with Crippen molar-refractivity contribution in [3.05, 3.63) is 89.0 Å². The Morgan fingerprint density at radius 2 is 1.74 bits per heavy atom. The Labute approximate surface area is 223 Å². The van der Waals surface area contributed by atoms with Gasteiger partial charge in [0.15, 0.2) is 0 Å². The molecule has 0 aliphatic carbocycles. The van der Waals surface area contributed by atoms with E-state index in [0.29, 0.717) is 30.6 Å². The minimum Gasteiger partial charge on any atom is -0.459 e. The van der Waals surface area contributed by atoms with E-state index >= 15 is 0 Å². The molecule has 0 saturated carbocycles. The Bertz CT molecular complexity index is 1210. The molecule has 3 aromatic rings. The first kappa shape index (κ1) is 28.6. The second-order valence-corrected chi connectivity index (χ2v) is 9.50. The lowest BCUT2D eigenvalue weighted by atomic mass is 10.0. The number of amides is 2. The maximum atomic E-state index is 13.4. The van der Waals surface area contributed by atoms with Gasteiger partial charge in [0.25, 0.3) is 5.91 Å². The summed E-state index contributed by atoms with van der Waals surface area (Å²) in [6, 6.07) is 16.1. The van der Waals surface area contributed by atoms with Crippen LogP contribution in [0, 0.1) is 0 Å². The van der Waals surface area contributed by atoms with Crippen molar-refractivity contribution in [2.45, 2.75) is 71.6 Å². The summed E-state index contributed by atoms with van der Waals surface area (Å²) in [6.07, 6.45) is 4.31. The van der Waals surface area contributed by atoms with Crippen LogP contribution in [0.2, 0.25) is 0 Å². The minimum absolute atomic E-state index is 0.0814. The van der Waals surface area contributed by atoms with Crippen molar-refractivity contribution in [3.8, 4) is 0 Å². The number of nitrogens with one attached hydrogen (secondary N) is 2. The van der Waals surface area contributed by atoms with Gasteiger partial charge >= 0.3 is 5.97 Å². The molecule has 2 amide bonds. The number of aromatic nitrogens is 2. The van der Waals surface area contributed by atoms with Gasteiger partial charge in [-0.05, 0) is 49.9 Å². The van der Waals surface area contributed by atoms with E-state index in [0.717, 1.165) is 29.8 Å². The molecule has 1 aromatic heterocycles. The third-order valence-corrected chi connectivity index (χ3v) is 6.01. The fraction of sp³-hybridized carbons (Fsp3) is 0.379. The summed E-state index contributed by atoms with van der Waals surface area (Å²) in [5, 5.41) is 12.0. The highest BCUT2D eigenvalue weighted by Crippen LogP contribution is 2.16. The van der Waals surface area contributed by atoms with E-state index in [1.165, 1.54) is 0 Å². The quantitative estimate of drug-likeness (QED) is 0.177. The van der Waals surface area contributed by atoms with Crippen molar-refractivity contribution in [2.24, 2.45) is 0 Å². The molecule has 9 heteroatoms. The van der Waals surface area contributed by atoms with Gasteiger partial charge in [-0.15, -0.1) is 0 Å². The highest BCUT2D eigenvalue weighted by atomic mass is 16.5. The topological polar surface area (TPSA) is 123 Å². The first-order chi connectivity index (χ1) is 18.3. The predicted molar refractivity (Wildman–Crippen MR) is 143 cm³/mol. The maximum Gasteiger partial charge on any atom is 0.338 e. The highest BCUT2D eigenvalue weighted by Gasteiger charge is 2.22. The van der Waals surface area contributed by atoms with Crippen molar-refractivity contribution >= 4 is 17.8 Å². The number of aryl methyl sites for hydroxylation is 1. The number of unbranched alkanes of at least 4 members (excludes halogenated alkanes) is 1. The van der Waals surface area contributed by atoms with E-state index in [1.807, 2.05) is 47.0 Å². The van der Waals surface area contributed by atoms with Gasteiger partial charge in [0.1, 0.15) is 11.5 Å². The van der Waals surface area contributed by atoms with E-state index in [4.69, 9.17) is 9.94 Å². The van der Waals surface area contributed by atoms with Crippen molar-refractivity contribution in [3.63, 3.8) is 0 Å². The van der Waals surface area contributed by atoms with Crippen LogP contribution in [-0.2, 0) is 28.9 Å². The Morgan fingerprint density at radius 3 is 2.37 bits per heavy atom. The van der Waals surface area contributed by atoms with Gasteiger partial charge in [0, 0.05) is 25.4 Å². The molecular weight excluding hydrogens is 484 g/mol. The standard InChI is InChI=1S/C29H36N4O5/c1-4-5-11-26-30-18-25(33(26)19-22-12-14-23(15-13-22)29(36)38-20(2)3)28(35)31-24(17-27(34)32-37)16-21-9-7-6-8-10-21/h6-10,12-15,18,20,24,37H,4-5,11,16-17,19H2,1-3H3,(H,31,35)(H,32,34). The fourth-order valence-electron chi connectivity index (χ4n) is 4.12. The monoisotopic (exact) mass is 520 g/mol. The van der Waals surface area contributed by atoms with Gasteiger partial charge in [-0.25, -0.2) is 15.3 Å². The van der Waals surface area contributed by atoms with Crippen LogP contribution in [-0.4, -0.2) is 44.7 Å². The first-order valence-corrected chi connectivity index (χ1v) is 12.9. The zero-order chi connectivity index (χ0) is 27.5. The molecule has 0 fully saturated rings. The summed E-state index contributed by atoms with van der Waals surface area (Å²) in [6.45, 7) is 6.09. The van der Waals surface area contributed by atoms with Gasteiger partial charge in [-0.3, -0.25) is 14.8 Å². The van der Waals surface area contributed by atoms with Crippen molar-refractivity contribution in [1.82, 2.24) is 20.3 Å². The van der Waals surface area contributed by atoms with E-state index < -0.39 is 11.9 Å². The molecule has 0 aliphatic rings. The van der Waals surface area contributed by atoms with Crippen LogP contribution >= 0.6 is 0 Å². The van der Waals surface area contributed by atoms with Gasteiger partial charge in [-0.2, -0.15) is 0 Å². The molecule has 0 saturated heterocycles. The third kappa shape index (κ3) is 8.27. The number of rotatable bonds is 13. The van der Waals surface area contributed by atoms with Crippen LogP contribution in [0.15, 0.2) is 60.8 Å². The molecule has 1 unspecified atom stereocenters. The lowest BCUT2D eigenvalue weighted by Gasteiger charge is -2.19. The number of carbonyl (C=O) groups is 3. The lowest BCUT2D eigenvalue weighted by molar-refractivity contribution is -0.129. The number of hydrogen-bond donors (Lipinski definition) is 3. The fourth-order valence-corrected chi connectivity index (χ4v) is 4.12. The molecule has 38 heavy (non-hydrogen) atoms. The lowest BCUT2D eigenvalue weighted by Crippen LogP contribution is -2.41. The summed E-state index contributed by atoms with van der Waals surface area (Å²) >= 11 is 0. The number of nitrogens with zero attached hydrogens (tertiary/aromatic N) is 2. The van der Waals surface area contributed by atoms with Crippen LogP contribution in [0.1, 0.15) is 77.8 Å². The van der Waals surface area contributed by atoms with E-state index in [9.17, 15) is 14.4 Å². The van der Waals surface area contributed by atoms with E-state index in [-0.39, 0.29) is 24.4 Å². The molecule has 0 aliphatic heterocycles. The molecule has 1 heterocycles. The zero-order valence-corrected chi connectivity index (χ0v) is 22.1. The number of hydrogen-bond acceptors (Lipinski definition) is 6. The van der Waals surface area contributed by atoms with E-state index in [2.05, 4.69) is 17.2 Å². The highest BCUT2D eigenvalue weighted by molar-refractivity contribution is 5.93. The third-order valence-electron chi connectivity index (χ3n) is 6.01. The Kier molecular flexibility index (Phi) is 10.6. The molecule has 3 N–H and O–H groups in total. The Morgan fingerprint density at radius 1 is 1.03 bits per heavy atom. The number of ether oxygens (including phenoxy) is 1. The van der Waals surface area contributed by atoms with Crippen LogP contribution in [0.25, 0.3) is 0 Å². The molecule has 0 spiro atoms. The number of esters is 1. The molecule has 2 aromatic carbocycles. The normalized spacial score (nSPS) is 11.7. The first-order valence-electron chi connectivity index (χ1n) is 12.9. The molecular formula is C29H36N4O5. The van der Waals surface area contributed by atoms with Crippen molar-refractivity contribution in [1.29, 1.82) is 0 Å². The van der Waals surface area contributed by atoms with Gasteiger partial charge < -0.3 is 14.6 Å². The molecule has 9 nitrogen and oxygen atoms in total. The van der Waals surface area contributed by atoms with Crippen LogP contribution in [0.3, 0.4) is 0 Å². The number of imidazole rings is 1. The number of benzene rings is 2. The average Bonchev–Trinajstić information content (AvgIpc) is 3.30. The second kappa shape index (κ2) is 14.1. The molecule has 1 atom stereocenters. The van der Waals surface area contributed by atoms with E-state index in [1.54, 1.807) is 37.7 Å². The molecule has 0 radical (unpaired) electrons. The Balaban J connectivity index is 1.83. The molecule has 0 bridgehead atoms. The summed E-state index contributed by atoms with van der Waals surface area (Å²) < 4.78 is 7.13. The summed E-state index contributed by atoms with van der Waals surface area (Å²) in [4.78, 5) is 42.1.